The van der Waals surface area contributed by atoms with Crippen LogP contribution in [0.1, 0.15) is 38.7 Å². The lowest BCUT2D eigenvalue weighted by Crippen LogP contribution is -2.44. The van der Waals surface area contributed by atoms with Gasteiger partial charge in [0.1, 0.15) is 11.5 Å². The van der Waals surface area contributed by atoms with Gasteiger partial charge in [-0.3, -0.25) is 4.79 Å². The van der Waals surface area contributed by atoms with E-state index in [1.807, 2.05) is 48.5 Å². The summed E-state index contributed by atoms with van der Waals surface area (Å²) in [5, 5.41) is 3.12. The van der Waals surface area contributed by atoms with Crippen molar-refractivity contribution in [1.29, 1.82) is 0 Å². The Morgan fingerprint density at radius 1 is 1.00 bits per heavy atom. The molecule has 1 aliphatic rings. The molecular formula is C26H36N2O4. The van der Waals surface area contributed by atoms with Gasteiger partial charge in [-0.2, -0.15) is 0 Å². The van der Waals surface area contributed by atoms with Crippen molar-refractivity contribution >= 4 is 11.6 Å². The number of rotatable bonds is 11. The summed E-state index contributed by atoms with van der Waals surface area (Å²) in [7, 11) is 1.64. The Morgan fingerprint density at radius 3 is 2.22 bits per heavy atom. The van der Waals surface area contributed by atoms with Crippen LogP contribution >= 0.6 is 0 Å². The molecule has 0 atom stereocenters. The van der Waals surface area contributed by atoms with Crippen LogP contribution in [0.5, 0.6) is 11.5 Å². The summed E-state index contributed by atoms with van der Waals surface area (Å²) >= 11 is 0. The van der Waals surface area contributed by atoms with E-state index in [4.69, 9.17) is 14.2 Å². The number of carbonyl (C=O) groups excluding carboxylic acids is 1. The Kier molecular flexibility index (Phi) is 8.94. The van der Waals surface area contributed by atoms with Gasteiger partial charge in [-0.25, -0.2) is 0 Å². The fourth-order valence-electron chi connectivity index (χ4n) is 4.18. The fraction of sp³-hybridized carbons (Fsp3) is 0.500. The van der Waals surface area contributed by atoms with E-state index in [0.29, 0.717) is 32.7 Å². The standard InChI is InChI=1S/C26H36N2O4/c1-4-28(5-2)17-6-18-32-24-13-9-22(10-14-24)27-25(29)26(15-19-31-20-16-26)21-7-11-23(30-3)12-8-21/h7-14H,4-6,15-20H2,1-3H3,(H,27,29). The Balaban J connectivity index is 1.61. The van der Waals surface area contributed by atoms with Crippen molar-refractivity contribution in [3.63, 3.8) is 0 Å². The zero-order chi connectivity index (χ0) is 22.8. The molecule has 1 fully saturated rings. The molecule has 6 heteroatoms. The summed E-state index contributed by atoms with van der Waals surface area (Å²) in [5.74, 6) is 1.60. The predicted octanol–water partition coefficient (Wildman–Crippen LogP) is 4.49. The molecule has 1 aliphatic heterocycles. The fourth-order valence-corrected chi connectivity index (χ4v) is 4.18. The minimum absolute atomic E-state index is 0.00106. The number of amides is 1. The number of hydrogen-bond acceptors (Lipinski definition) is 5. The molecule has 0 unspecified atom stereocenters. The highest BCUT2D eigenvalue weighted by atomic mass is 16.5. The molecule has 1 saturated heterocycles. The molecule has 1 N–H and O–H groups in total. The lowest BCUT2D eigenvalue weighted by Gasteiger charge is -2.36. The predicted molar refractivity (Wildman–Crippen MR) is 128 cm³/mol. The number of anilines is 1. The van der Waals surface area contributed by atoms with Gasteiger partial charge in [0.05, 0.1) is 19.1 Å². The summed E-state index contributed by atoms with van der Waals surface area (Å²) in [6.45, 7) is 9.34. The molecule has 32 heavy (non-hydrogen) atoms. The van der Waals surface area contributed by atoms with Gasteiger partial charge < -0.3 is 24.4 Å². The first-order valence-electron chi connectivity index (χ1n) is 11.6. The molecule has 0 bridgehead atoms. The van der Waals surface area contributed by atoms with Crippen molar-refractivity contribution < 1.29 is 19.0 Å². The van der Waals surface area contributed by atoms with Crippen LogP contribution < -0.4 is 14.8 Å². The van der Waals surface area contributed by atoms with Crippen LogP contribution in [0.2, 0.25) is 0 Å². The molecule has 1 heterocycles. The van der Waals surface area contributed by atoms with Gasteiger partial charge in [0.25, 0.3) is 0 Å². The highest BCUT2D eigenvalue weighted by molar-refractivity contribution is 5.99. The largest absolute Gasteiger partial charge is 0.497 e. The number of hydrogen-bond donors (Lipinski definition) is 1. The summed E-state index contributed by atoms with van der Waals surface area (Å²) in [6, 6.07) is 15.4. The van der Waals surface area contributed by atoms with E-state index in [1.54, 1.807) is 7.11 Å². The monoisotopic (exact) mass is 440 g/mol. The molecule has 3 rings (SSSR count). The molecule has 174 valence electrons. The molecule has 2 aromatic carbocycles. The third-order valence-corrected chi connectivity index (χ3v) is 6.32. The van der Waals surface area contributed by atoms with E-state index in [9.17, 15) is 4.79 Å². The first-order chi connectivity index (χ1) is 15.6. The first kappa shape index (κ1) is 24.1. The van der Waals surface area contributed by atoms with Crippen LogP contribution in [-0.4, -0.2) is 57.4 Å². The van der Waals surface area contributed by atoms with E-state index in [-0.39, 0.29) is 5.91 Å². The number of nitrogens with zero attached hydrogens (tertiary/aromatic N) is 1. The van der Waals surface area contributed by atoms with Gasteiger partial charge in [0, 0.05) is 25.4 Å². The van der Waals surface area contributed by atoms with Crippen LogP contribution in [0.15, 0.2) is 48.5 Å². The quantitative estimate of drug-likeness (QED) is 0.522. The van der Waals surface area contributed by atoms with Crippen LogP contribution in [0.25, 0.3) is 0 Å². The number of methoxy groups -OCH3 is 1. The van der Waals surface area contributed by atoms with E-state index < -0.39 is 5.41 Å². The van der Waals surface area contributed by atoms with E-state index in [0.717, 1.165) is 48.8 Å². The zero-order valence-corrected chi connectivity index (χ0v) is 19.6. The van der Waals surface area contributed by atoms with Gasteiger partial charge in [-0.15, -0.1) is 0 Å². The SMILES string of the molecule is CCN(CC)CCCOc1ccc(NC(=O)C2(c3ccc(OC)cc3)CCOCC2)cc1. The average molecular weight is 441 g/mol. The van der Waals surface area contributed by atoms with Crippen molar-refractivity contribution in [1.82, 2.24) is 4.90 Å². The van der Waals surface area contributed by atoms with Gasteiger partial charge in [-0.1, -0.05) is 26.0 Å². The van der Waals surface area contributed by atoms with E-state index in [2.05, 4.69) is 24.1 Å². The normalized spacial score (nSPS) is 15.4. The lowest BCUT2D eigenvalue weighted by atomic mass is 9.73. The van der Waals surface area contributed by atoms with E-state index >= 15 is 0 Å². The number of nitrogens with one attached hydrogen (secondary N) is 1. The second kappa shape index (κ2) is 11.9. The summed E-state index contributed by atoms with van der Waals surface area (Å²) in [4.78, 5) is 15.8. The highest BCUT2D eigenvalue weighted by Crippen LogP contribution is 2.37. The highest BCUT2D eigenvalue weighted by Gasteiger charge is 2.41. The molecule has 0 radical (unpaired) electrons. The molecule has 1 amide bonds. The third-order valence-electron chi connectivity index (χ3n) is 6.32. The van der Waals surface area contributed by atoms with Gasteiger partial charge in [0.15, 0.2) is 0 Å². The Hall–Kier alpha value is -2.57. The van der Waals surface area contributed by atoms with Crippen LogP contribution in [0, 0.1) is 0 Å². The molecule has 0 saturated carbocycles. The van der Waals surface area contributed by atoms with Gasteiger partial charge in [0.2, 0.25) is 5.91 Å². The van der Waals surface area contributed by atoms with Crippen molar-refractivity contribution in [2.75, 3.05) is 51.9 Å². The maximum absolute atomic E-state index is 13.4. The van der Waals surface area contributed by atoms with Crippen molar-refractivity contribution in [2.24, 2.45) is 0 Å². The number of carbonyl (C=O) groups is 1. The van der Waals surface area contributed by atoms with Crippen LogP contribution in [0.3, 0.4) is 0 Å². The Labute approximate surface area is 191 Å². The van der Waals surface area contributed by atoms with Gasteiger partial charge in [-0.05, 0) is 74.3 Å². The summed E-state index contributed by atoms with van der Waals surface area (Å²) in [6.07, 6.45) is 2.30. The smallest absolute Gasteiger partial charge is 0.235 e. The van der Waals surface area contributed by atoms with Gasteiger partial charge >= 0.3 is 0 Å². The second-order valence-corrected chi connectivity index (χ2v) is 8.13. The molecule has 0 aromatic heterocycles. The zero-order valence-electron chi connectivity index (χ0n) is 19.6. The molecule has 0 spiro atoms. The van der Waals surface area contributed by atoms with Crippen LogP contribution in [0.4, 0.5) is 5.69 Å². The summed E-state index contributed by atoms with van der Waals surface area (Å²) < 4.78 is 16.7. The lowest BCUT2D eigenvalue weighted by molar-refractivity contribution is -0.125. The first-order valence-corrected chi connectivity index (χ1v) is 11.6. The Morgan fingerprint density at radius 2 is 1.62 bits per heavy atom. The van der Waals surface area contributed by atoms with Crippen molar-refractivity contribution in [3.8, 4) is 11.5 Å². The van der Waals surface area contributed by atoms with Crippen molar-refractivity contribution in [2.45, 2.75) is 38.5 Å². The number of ether oxygens (including phenoxy) is 3. The summed E-state index contributed by atoms with van der Waals surface area (Å²) in [5.41, 5.74) is 1.15. The minimum atomic E-state index is -0.607. The topological polar surface area (TPSA) is 60.0 Å². The van der Waals surface area contributed by atoms with E-state index in [1.165, 1.54) is 0 Å². The van der Waals surface area contributed by atoms with Crippen molar-refractivity contribution in [3.05, 3.63) is 54.1 Å². The molecule has 0 aliphatic carbocycles. The minimum Gasteiger partial charge on any atom is -0.497 e. The maximum Gasteiger partial charge on any atom is 0.235 e. The third kappa shape index (κ3) is 6.02. The molecule has 2 aromatic rings. The molecule has 6 nitrogen and oxygen atoms in total. The second-order valence-electron chi connectivity index (χ2n) is 8.13. The molecular weight excluding hydrogens is 404 g/mol. The van der Waals surface area contributed by atoms with Crippen LogP contribution in [-0.2, 0) is 14.9 Å². The average Bonchev–Trinajstić information content (AvgIpc) is 2.85. The Bertz CT molecular complexity index is 826. The number of benzene rings is 2. The maximum atomic E-state index is 13.4.